The Balaban J connectivity index is 1.95. The van der Waals surface area contributed by atoms with Gasteiger partial charge in [0.05, 0.1) is 0 Å². The zero-order chi connectivity index (χ0) is 13.0. The summed E-state index contributed by atoms with van der Waals surface area (Å²) < 4.78 is 5.11. The summed E-state index contributed by atoms with van der Waals surface area (Å²) in [6, 6.07) is 0.446. The van der Waals surface area contributed by atoms with Gasteiger partial charge in [0.1, 0.15) is 6.42 Å². The van der Waals surface area contributed by atoms with E-state index in [0.29, 0.717) is 11.9 Å². The van der Waals surface area contributed by atoms with E-state index < -0.39 is 5.97 Å². The van der Waals surface area contributed by atoms with Crippen LogP contribution in [0.4, 0.5) is 0 Å². The molecule has 1 aliphatic rings. The SMILES string of the molecule is CCN1CCCCC1Cc1nc(CC(=O)O)no1. The Bertz CT molecular complexity index is 405. The third kappa shape index (κ3) is 3.29. The highest BCUT2D eigenvalue weighted by atomic mass is 16.5. The molecule has 0 saturated carbocycles. The maximum atomic E-state index is 10.5. The number of carboxylic acids is 1. The van der Waals surface area contributed by atoms with Gasteiger partial charge in [-0.1, -0.05) is 18.5 Å². The third-order valence-electron chi connectivity index (χ3n) is 3.38. The fraction of sp³-hybridized carbons (Fsp3) is 0.750. The molecule has 1 unspecified atom stereocenters. The molecule has 2 rings (SSSR count). The zero-order valence-electron chi connectivity index (χ0n) is 10.6. The maximum absolute atomic E-state index is 10.5. The summed E-state index contributed by atoms with van der Waals surface area (Å²) in [4.78, 5) is 17.1. The largest absolute Gasteiger partial charge is 0.481 e. The molecule has 1 aliphatic heterocycles. The molecular formula is C12H19N3O3. The molecule has 1 saturated heterocycles. The van der Waals surface area contributed by atoms with Crippen molar-refractivity contribution < 1.29 is 14.4 Å². The lowest BCUT2D eigenvalue weighted by Crippen LogP contribution is -2.40. The standard InChI is InChI=1S/C12H19N3O3/c1-2-15-6-4-3-5-9(15)7-11-13-10(14-18-11)8-12(16)17/h9H,2-8H2,1H3,(H,16,17). The molecule has 6 heteroatoms. The van der Waals surface area contributed by atoms with E-state index >= 15 is 0 Å². The van der Waals surface area contributed by atoms with Crippen molar-refractivity contribution >= 4 is 5.97 Å². The highest BCUT2D eigenvalue weighted by Gasteiger charge is 2.23. The van der Waals surface area contributed by atoms with Crippen LogP contribution in [0.2, 0.25) is 0 Å². The first kappa shape index (κ1) is 13.0. The van der Waals surface area contributed by atoms with Crippen LogP contribution in [-0.4, -0.2) is 45.2 Å². The Morgan fingerprint density at radius 3 is 3.11 bits per heavy atom. The monoisotopic (exact) mass is 253 g/mol. The number of nitrogens with zero attached hydrogens (tertiary/aromatic N) is 3. The molecule has 0 amide bonds. The lowest BCUT2D eigenvalue weighted by molar-refractivity contribution is -0.136. The Labute approximate surface area is 106 Å². The lowest BCUT2D eigenvalue weighted by Gasteiger charge is -2.33. The molecule has 6 nitrogen and oxygen atoms in total. The maximum Gasteiger partial charge on any atom is 0.311 e. The molecule has 1 aromatic rings. The summed E-state index contributed by atoms with van der Waals surface area (Å²) in [5.41, 5.74) is 0. The number of piperidine rings is 1. The quantitative estimate of drug-likeness (QED) is 0.847. The summed E-state index contributed by atoms with van der Waals surface area (Å²) in [5.74, 6) is -0.122. The van der Waals surface area contributed by atoms with Crippen LogP contribution in [0.15, 0.2) is 4.52 Å². The molecule has 1 fully saturated rings. The van der Waals surface area contributed by atoms with E-state index in [1.165, 1.54) is 12.8 Å². The fourth-order valence-corrected chi connectivity index (χ4v) is 2.49. The van der Waals surface area contributed by atoms with Gasteiger partial charge in [0.25, 0.3) is 0 Å². The minimum Gasteiger partial charge on any atom is -0.481 e. The van der Waals surface area contributed by atoms with Crippen molar-refractivity contribution in [3.05, 3.63) is 11.7 Å². The molecule has 1 atom stereocenters. The lowest BCUT2D eigenvalue weighted by atomic mass is 9.99. The van der Waals surface area contributed by atoms with E-state index in [2.05, 4.69) is 22.0 Å². The molecule has 0 radical (unpaired) electrons. The third-order valence-corrected chi connectivity index (χ3v) is 3.38. The number of likely N-dealkylation sites (tertiary alicyclic amines) is 1. The van der Waals surface area contributed by atoms with E-state index in [-0.39, 0.29) is 12.2 Å². The Morgan fingerprint density at radius 1 is 1.56 bits per heavy atom. The summed E-state index contributed by atoms with van der Waals surface area (Å²) in [5, 5.41) is 12.3. The average molecular weight is 253 g/mol. The van der Waals surface area contributed by atoms with Crippen molar-refractivity contribution in [2.45, 2.75) is 45.1 Å². The van der Waals surface area contributed by atoms with Gasteiger partial charge in [-0.2, -0.15) is 4.98 Å². The number of hydrogen-bond donors (Lipinski definition) is 1. The molecule has 18 heavy (non-hydrogen) atoms. The second kappa shape index (κ2) is 5.95. The zero-order valence-corrected chi connectivity index (χ0v) is 10.6. The van der Waals surface area contributed by atoms with Gasteiger partial charge < -0.3 is 14.5 Å². The second-order valence-electron chi connectivity index (χ2n) is 4.66. The smallest absolute Gasteiger partial charge is 0.311 e. The second-order valence-corrected chi connectivity index (χ2v) is 4.66. The van der Waals surface area contributed by atoms with Crippen LogP contribution in [-0.2, 0) is 17.6 Å². The van der Waals surface area contributed by atoms with Gasteiger partial charge in [0.2, 0.25) is 5.89 Å². The van der Waals surface area contributed by atoms with Gasteiger partial charge in [-0.05, 0) is 25.9 Å². The molecule has 1 N–H and O–H groups in total. The van der Waals surface area contributed by atoms with Crippen LogP contribution in [0.25, 0.3) is 0 Å². The van der Waals surface area contributed by atoms with Crippen molar-refractivity contribution in [2.75, 3.05) is 13.1 Å². The highest BCUT2D eigenvalue weighted by molar-refractivity contribution is 5.68. The van der Waals surface area contributed by atoms with Gasteiger partial charge >= 0.3 is 5.97 Å². The van der Waals surface area contributed by atoms with E-state index in [4.69, 9.17) is 9.63 Å². The normalized spacial score (nSPS) is 21.1. The first-order chi connectivity index (χ1) is 8.69. The number of likely N-dealkylation sites (N-methyl/N-ethyl adjacent to an activating group) is 1. The first-order valence-corrected chi connectivity index (χ1v) is 6.46. The summed E-state index contributed by atoms with van der Waals surface area (Å²) in [6.07, 6.45) is 4.17. The van der Waals surface area contributed by atoms with Crippen LogP contribution >= 0.6 is 0 Å². The number of rotatable bonds is 5. The Hall–Kier alpha value is -1.43. The topological polar surface area (TPSA) is 79.5 Å². The molecule has 1 aromatic heterocycles. The number of hydrogen-bond acceptors (Lipinski definition) is 5. The average Bonchev–Trinajstić information content (AvgIpc) is 2.76. The first-order valence-electron chi connectivity index (χ1n) is 6.46. The van der Waals surface area contributed by atoms with Crippen LogP contribution in [0.5, 0.6) is 0 Å². The summed E-state index contributed by atoms with van der Waals surface area (Å²) >= 11 is 0. The van der Waals surface area contributed by atoms with Crippen molar-refractivity contribution in [3.8, 4) is 0 Å². The van der Waals surface area contributed by atoms with Crippen molar-refractivity contribution in [3.63, 3.8) is 0 Å². The van der Waals surface area contributed by atoms with Crippen molar-refractivity contribution in [1.29, 1.82) is 0 Å². The van der Waals surface area contributed by atoms with Gasteiger partial charge in [0, 0.05) is 12.5 Å². The van der Waals surface area contributed by atoms with Gasteiger partial charge in [-0.3, -0.25) is 4.79 Å². The Kier molecular flexibility index (Phi) is 4.30. The van der Waals surface area contributed by atoms with E-state index in [9.17, 15) is 4.79 Å². The van der Waals surface area contributed by atoms with E-state index in [1.807, 2.05) is 0 Å². The molecule has 0 bridgehead atoms. The molecule has 2 heterocycles. The summed E-state index contributed by atoms with van der Waals surface area (Å²) in [6.45, 7) is 4.31. The predicted octanol–water partition coefficient (Wildman–Crippen LogP) is 1.11. The molecule has 0 aromatic carbocycles. The van der Waals surface area contributed by atoms with Crippen LogP contribution in [0.3, 0.4) is 0 Å². The van der Waals surface area contributed by atoms with Crippen LogP contribution in [0, 0.1) is 0 Å². The molecule has 0 aliphatic carbocycles. The minimum atomic E-state index is -0.935. The van der Waals surface area contributed by atoms with Crippen LogP contribution < -0.4 is 0 Å². The van der Waals surface area contributed by atoms with Crippen molar-refractivity contribution in [2.24, 2.45) is 0 Å². The molecule has 0 spiro atoms. The van der Waals surface area contributed by atoms with Crippen molar-refractivity contribution in [1.82, 2.24) is 15.0 Å². The minimum absolute atomic E-state index is 0.175. The number of carboxylic acid groups (broad SMARTS) is 1. The van der Waals surface area contributed by atoms with Crippen LogP contribution in [0.1, 0.15) is 37.9 Å². The number of aromatic nitrogens is 2. The Morgan fingerprint density at radius 2 is 2.39 bits per heavy atom. The van der Waals surface area contributed by atoms with E-state index in [1.54, 1.807) is 0 Å². The summed E-state index contributed by atoms with van der Waals surface area (Å²) in [7, 11) is 0. The number of aliphatic carboxylic acids is 1. The van der Waals surface area contributed by atoms with Gasteiger partial charge in [0.15, 0.2) is 5.82 Å². The number of carbonyl (C=O) groups is 1. The molecular weight excluding hydrogens is 234 g/mol. The molecule has 100 valence electrons. The highest BCUT2D eigenvalue weighted by Crippen LogP contribution is 2.19. The van der Waals surface area contributed by atoms with Gasteiger partial charge in [-0.25, -0.2) is 0 Å². The van der Waals surface area contributed by atoms with Gasteiger partial charge in [-0.15, -0.1) is 0 Å². The van der Waals surface area contributed by atoms with E-state index in [0.717, 1.165) is 25.9 Å². The fourth-order valence-electron chi connectivity index (χ4n) is 2.49. The predicted molar refractivity (Wildman–Crippen MR) is 64.2 cm³/mol.